The third-order valence-corrected chi connectivity index (χ3v) is 2.78. The number of amides is 1. The second-order valence-electron chi connectivity index (χ2n) is 4.82. The van der Waals surface area contributed by atoms with E-state index in [-0.39, 0.29) is 18.9 Å². The normalized spacial score (nSPS) is 12.0. The van der Waals surface area contributed by atoms with E-state index in [4.69, 9.17) is 9.26 Å². The van der Waals surface area contributed by atoms with Crippen molar-refractivity contribution in [3.8, 4) is 5.75 Å². The lowest BCUT2D eigenvalue weighted by Crippen LogP contribution is -2.35. The highest BCUT2D eigenvalue weighted by molar-refractivity contribution is 5.91. The number of aliphatic hydroxyl groups is 1. The summed E-state index contributed by atoms with van der Waals surface area (Å²) in [4.78, 5) is 11.7. The highest BCUT2D eigenvalue weighted by Crippen LogP contribution is 2.12. The van der Waals surface area contributed by atoms with Crippen molar-refractivity contribution in [2.75, 3.05) is 13.2 Å². The van der Waals surface area contributed by atoms with Crippen LogP contribution in [0.25, 0.3) is 0 Å². The summed E-state index contributed by atoms with van der Waals surface area (Å²) in [6, 6.07) is 9.07. The van der Waals surface area contributed by atoms with E-state index in [2.05, 4.69) is 10.5 Å². The molecule has 1 unspecified atom stereocenters. The molecule has 1 aromatic heterocycles. The maximum Gasteiger partial charge on any atom is 0.289 e. The van der Waals surface area contributed by atoms with Gasteiger partial charge in [0.2, 0.25) is 5.76 Å². The van der Waals surface area contributed by atoms with Gasteiger partial charge in [0, 0.05) is 12.6 Å². The second-order valence-corrected chi connectivity index (χ2v) is 4.82. The van der Waals surface area contributed by atoms with Gasteiger partial charge in [-0.3, -0.25) is 4.79 Å². The average Bonchev–Trinajstić information content (AvgIpc) is 2.89. The van der Waals surface area contributed by atoms with Crippen molar-refractivity contribution in [2.45, 2.75) is 20.0 Å². The number of hydrogen-bond donors (Lipinski definition) is 2. The quantitative estimate of drug-likeness (QED) is 0.841. The lowest BCUT2D eigenvalue weighted by molar-refractivity contribution is 0.0815. The van der Waals surface area contributed by atoms with Crippen LogP contribution in [0.2, 0.25) is 0 Å². The summed E-state index contributed by atoms with van der Waals surface area (Å²) in [6.07, 6.45) is -0.807. The Labute approximate surface area is 122 Å². The Bertz CT molecular complexity index is 609. The van der Waals surface area contributed by atoms with E-state index < -0.39 is 12.0 Å². The zero-order chi connectivity index (χ0) is 15.2. The third-order valence-electron chi connectivity index (χ3n) is 2.78. The standard InChI is InChI=1S/C15H18N2O4/c1-10-4-3-5-13(6-10)20-9-12(18)8-16-15(19)14-7-11(2)17-21-14/h3-7,12,18H,8-9H2,1-2H3,(H,16,19). The topological polar surface area (TPSA) is 84.6 Å². The second kappa shape index (κ2) is 6.90. The largest absolute Gasteiger partial charge is 0.491 e. The Morgan fingerprint density at radius 3 is 2.90 bits per heavy atom. The van der Waals surface area contributed by atoms with Gasteiger partial charge in [-0.1, -0.05) is 17.3 Å². The molecule has 0 aliphatic heterocycles. The molecule has 0 saturated carbocycles. The van der Waals surface area contributed by atoms with Crippen LogP contribution in [-0.2, 0) is 0 Å². The maximum atomic E-state index is 11.7. The van der Waals surface area contributed by atoms with Crippen molar-refractivity contribution in [1.82, 2.24) is 10.5 Å². The van der Waals surface area contributed by atoms with Crippen LogP contribution >= 0.6 is 0 Å². The number of benzene rings is 1. The van der Waals surface area contributed by atoms with Crippen molar-refractivity contribution in [2.24, 2.45) is 0 Å². The molecule has 112 valence electrons. The molecule has 1 aromatic carbocycles. The number of rotatable bonds is 6. The van der Waals surface area contributed by atoms with Crippen LogP contribution in [0.5, 0.6) is 5.75 Å². The molecule has 0 aliphatic rings. The summed E-state index contributed by atoms with van der Waals surface area (Å²) in [6.45, 7) is 3.86. The molecular formula is C15H18N2O4. The van der Waals surface area contributed by atoms with Gasteiger partial charge >= 0.3 is 0 Å². The first-order valence-electron chi connectivity index (χ1n) is 6.63. The molecule has 0 saturated heterocycles. The van der Waals surface area contributed by atoms with E-state index in [1.807, 2.05) is 31.2 Å². The minimum atomic E-state index is -0.807. The fraction of sp³-hybridized carbons (Fsp3) is 0.333. The minimum Gasteiger partial charge on any atom is -0.491 e. The number of aryl methyl sites for hydroxylation is 2. The Morgan fingerprint density at radius 2 is 2.24 bits per heavy atom. The fourth-order valence-corrected chi connectivity index (χ4v) is 1.72. The molecule has 0 fully saturated rings. The number of aromatic nitrogens is 1. The molecule has 1 heterocycles. The minimum absolute atomic E-state index is 0.0738. The molecule has 0 radical (unpaired) electrons. The molecule has 1 atom stereocenters. The summed E-state index contributed by atoms with van der Waals surface area (Å²) in [5.41, 5.74) is 1.71. The fourth-order valence-electron chi connectivity index (χ4n) is 1.72. The van der Waals surface area contributed by atoms with Gasteiger partial charge in [-0.05, 0) is 31.5 Å². The summed E-state index contributed by atoms with van der Waals surface area (Å²) in [5, 5.41) is 16.0. The van der Waals surface area contributed by atoms with Crippen molar-refractivity contribution in [3.05, 3.63) is 47.3 Å². The number of nitrogens with one attached hydrogen (secondary N) is 1. The van der Waals surface area contributed by atoms with Crippen LogP contribution in [0.4, 0.5) is 0 Å². The number of carbonyl (C=O) groups is 1. The molecule has 2 aromatic rings. The first kappa shape index (κ1) is 15.1. The Hall–Kier alpha value is -2.34. The maximum absolute atomic E-state index is 11.7. The highest BCUT2D eigenvalue weighted by Gasteiger charge is 2.13. The van der Waals surface area contributed by atoms with Crippen LogP contribution in [0.15, 0.2) is 34.9 Å². The van der Waals surface area contributed by atoms with Crippen LogP contribution in [-0.4, -0.2) is 35.4 Å². The predicted molar refractivity (Wildman–Crippen MR) is 76.3 cm³/mol. The van der Waals surface area contributed by atoms with Crippen molar-refractivity contribution >= 4 is 5.91 Å². The SMILES string of the molecule is Cc1cccc(OCC(O)CNC(=O)c2cc(C)no2)c1. The van der Waals surface area contributed by atoms with Gasteiger partial charge in [0.25, 0.3) is 5.91 Å². The first-order chi connectivity index (χ1) is 10.0. The van der Waals surface area contributed by atoms with Crippen LogP contribution < -0.4 is 10.1 Å². The predicted octanol–water partition coefficient (Wildman–Crippen LogP) is 1.46. The molecule has 0 bridgehead atoms. The van der Waals surface area contributed by atoms with E-state index in [9.17, 15) is 9.90 Å². The summed E-state index contributed by atoms with van der Waals surface area (Å²) in [5.74, 6) is 0.399. The van der Waals surface area contributed by atoms with Crippen LogP contribution in [0.3, 0.4) is 0 Å². The Morgan fingerprint density at radius 1 is 1.43 bits per heavy atom. The molecule has 21 heavy (non-hydrogen) atoms. The number of carbonyl (C=O) groups excluding carboxylic acids is 1. The zero-order valence-electron chi connectivity index (χ0n) is 12.0. The van der Waals surface area contributed by atoms with Gasteiger partial charge in [0.15, 0.2) is 0 Å². The molecular weight excluding hydrogens is 272 g/mol. The molecule has 0 spiro atoms. The molecule has 0 aliphatic carbocycles. The van der Waals surface area contributed by atoms with Gasteiger partial charge < -0.3 is 19.7 Å². The number of hydrogen-bond acceptors (Lipinski definition) is 5. The van der Waals surface area contributed by atoms with Gasteiger partial charge in [0.1, 0.15) is 18.5 Å². The molecule has 2 N–H and O–H groups in total. The van der Waals surface area contributed by atoms with E-state index in [0.29, 0.717) is 11.4 Å². The molecule has 2 rings (SSSR count). The lowest BCUT2D eigenvalue weighted by atomic mass is 10.2. The van der Waals surface area contributed by atoms with Gasteiger partial charge in [0.05, 0.1) is 5.69 Å². The Balaban J connectivity index is 1.74. The first-order valence-corrected chi connectivity index (χ1v) is 6.63. The lowest BCUT2D eigenvalue weighted by Gasteiger charge is -2.13. The number of nitrogens with zero attached hydrogens (tertiary/aromatic N) is 1. The smallest absolute Gasteiger partial charge is 0.289 e. The monoisotopic (exact) mass is 290 g/mol. The van der Waals surface area contributed by atoms with Crippen LogP contribution in [0.1, 0.15) is 21.8 Å². The zero-order valence-corrected chi connectivity index (χ0v) is 12.0. The summed E-state index contributed by atoms with van der Waals surface area (Å²) >= 11 is 0. The van der Waals surface area contributed by atoms with E-state index >= 15 is 0 Å². The van der Waals surface area contributed by atoms with Crippen molar-refractivity contribution in [1.29, 1.82) is 0 Å². The highest BCUT2D eigenvalue weighted by atomic mass is 16.5. The van der Waals surface area contributed by atoms with E-state index in [0.717, 1.165) is 5.56 Å². The molecule has 6 nitrogen and oxygen atoms in total. The molecule has 1 amide bonds. The van der Waals surface area contributed by atoms with E-state index in [1.165, 1.54) is 6.07 Å². The number of ether oxygens (including phenoxy) is 1. The van der Waals surface area contributed by atoms with Gasteiger partial charge in [-0.2, -0.15) is 0 Å². The van der Waals surface area contributed by atoms with Crippen LogP contribution in [0, 0.1) is 13.8 Å². The third kappa shape index (κ3) is 4.61. The molecule has 6 heteroatoms. The van der Waals surface area contributed by atoms with Gasteiger partial charge in [-0.25, -0.2) is 0 Å². The average molecular weight is 290 g/mol. The summed E-state index contributed by atoms with van der Waals surface area (Å²) < 4.78 is 10.3. The van der Waals surface area contributed by atoms with Gasteiger partial charge in [-0.15, -0.1) is 0 Å². The van der Waals surface area contributed by atoms with E-state index in [1.54, 1.807) is 6.92 Å². The number of aliphatic hydroxyl groups excluding tert-OH is 1. The van der Waals surface area contributed by atoms with Crippen molar-refractivity contribution in [3.63, 3.8) is 0 Å². The Kier molecular flexibility index (Phi) is 4.94. The van der Waals surface area contributed by atoms with Crippen molar-refractivity contribution < 1.29 is 19.2 Å². The summed E-state index contributed by atoms with van der Waals surface area (Å²) in [7, 11) is 0.